The molecule has 682 valence electrons. The fourth-order valence-electron chi connectivity index (χ4n) is 10.7. The average molecular weight is 2180 g/mol. The fraction of sp³-hybridized carbons (Fsp3) is 0.462. The van der Waals surface area contributed by atoms with Gasteiger partial charge in [-0.15, -0.1) is 34.0 Å². The number of hydrogen-bond donors (Lipinski definition) is 2. The molecule has 2 N–H and O–H groups in total. The predicted octanol–water partition coefficient (Wildman–Crippen LogP) is 26.2. The minimum atomic E-state index is -0.555. The van der Waals surface area contributed by atoms with Crippen LogP contribution in [0.2, 0.25) is 0 Å². The number of nitrogens with zero attached hydrogens (tertiary/aromatic N) is 6. The van der Waals surface area contributed by atoms with E-state index in [-0.39, 0.29) is 125 Å². The number of thiophene rings is 7. The Kier molecular flexibility index (Phi) is 85.2. The molecule has 0 fully saturated rings. The first-order chi connectivity index (χ1) is 56.4. The van der Waals surface area contributed by atoms with Crippen molar-refractivity contribution in [2.75, 3.05) is 68.4 Å². The van der Waals surface area contributed by atoms with Crippen molar-refractivity contribution in [3.8, 4) is 35.5 Å². The van der Waals surface area contributed by atoms with Crippen LogP contribution in [0.4, 0.5) is 0 Å². The summed E-state index contributed by atoms with van der Waals surface area (Å²) in [5, 5.41) is 62.6. The zero-order valence-electron chi connectivity index (χ0n) is 73.2. The Morgan fingerprint density at radius 2 is 1.03 bits per heavy atom. The maximum absolute atomic E-state index is 11.7. The zero-order valence-corrected chi connectivity index (χ0v) is 88.6. The number of fused-ring (bicyclic) bond motifs is 3. The summed E-state index contributed by atoms with van der Waals surface area (Å²) < 4.78 is 16.8. The summed E-state index contributed by atoms with van der Waals surface area (Å²) in [4.78, 5) is 78.5. The standard InChI is InChI=1S/C18H25N3OS.C13H13NOS.C11H14O2S.C11H12OS.C8H9BrOS.C8H10OS.C6H13NO2.C4H3BrS.C4H7ClO.C2H2BrN.C2H7NO.4CH4.Br2.Na.H/c1-7-13-14-8-9-23-17(14)12(2)10-15(13)22-16(11-19)18(20(3)4)21(5)6;1-3-10-11-4-7-16-13(11)9(2)8-12(10)15-6-5-14;1-3-10(9-4-5-14-7-9)11(13)6-8(2)12;1-3-8-9-4-5-13-11(9)7(2)6-10(8)12;1-2-7(9)8(10)6-3-4-11-5-6;1-2-3-8(9)7-4-5-10-6-7;1-4-5-6(8)7(2)9-3;5-4-1-2-6-3-4;1-2-3-4(5)6;3-1-2-4;1-3-4-2;;;;;1-2;;/h8-10,16,18H,7H2,1-6H3;4,7-8H,3,6H2,1-2H3;4-5,7,10H,3,6H2,1-2H3;4-6,12H,3H2,1-2H3;3-5,7H,2H2,1H3;4-6H,2-3H2,1H3;4-5H2,1-3H3;1-3H;2-3H2,1H3;1H2;3H,1-2H3;4*1H4;;;/q;;;;;;;;;;;;;;;;+1;-1. The van der Waals surface area contributed by atoms with Crippen molar-refractivity contribution in [3.05, 3.63) is 174 Å². The Morgan fingerprint density at radius 1 is 0.602 bits per heavy atom. The monoisotopic (exact) mass is 2180 g/mol. The van der Waals surface area contributed by atoms with Crippen LogP contribution in [-0.4, -0.2) is 140 Å². The Hall–Kier alpha value is -4.48. The van der Waals surface area contributed by atoms with Gasteiger partial charge in [0.1, 0.15) is 47.1 Å². The summed E-state index contributed by atoms with van der Waals surface area (Å²) in [6, 6.07) is 26.2. The van der Waals surface area contributed by atoms with Crippen molar-refractivity contribution in [1.82, 2.24) is 20.3 Å². The smallest absolute Gasteiger partial charge is 1.00 e. The number of ketones is 4. The Balaban J connectivity index is -0.000000204. The largest absolute Gasteiger partial charge is 1.00 e. The molecule has 18 nitrogen and oxygen atoms in total. The number of alkyl halides is 2. The number of hydroxylamine groups is 3. The maximum atomic E-state index is 11.7. The van der Waals surface area contributed by atoms with Gasteiger partial charge in [0.25, 0.3) is 0 Å². The van der Waals surface area contributed by atoms with E-state index in [9.17, 15) is 39.1 Å². The summed E-state index contributed by atoms with van der Waals surface area (Å²) >= 11 is 31.6. The summed E-state index contributed by atoms with van der Waals surface area (Å²) in [6.07, 6.45) is 8.10. The predicted molar refractivity (Wildman–Crippen MR) is 548 cm³/mol. The zero-order chi connectivity index (χ0) is 89.8. The molecule has 3 atom stereocenters. The van der Waals surface area contributed by atoms with Crippen LogP contribution in [-0.2, 0) is 48.1 Å². The summed E-state index contributed by atoms with van der Waals surface area (Å²) in [7, 11) is 14.2. The number of nitriles is 3. The molecule has 3 aromatic carbocycles. The van der Waals surface area contributed by atoms with Gasteiger partial charge in [0, 0.05) is 130 Å². The first-order valence-electron chi connectivity index (χ1n) is 37.7. The molecular formula is C91H132Br5ClN7NaO11S7. The molecule has 32 heteroatoms. The molecule has 7 aromatic heterocycles. The molecule has 0 saturated heterocycles. The number of phenolic OH excluding ortho intramolecular Hbond substituents is 1. The van der Waals surface area contributed by atoms with E-state index in [4.69, 9.17) is 31.6 Å². The van der Waals surface area contributed by atoms with Gasteiger partial charge in [-0.2, -0.15) is 61.1 Å². The molecule has 10 aromatic rings. The van der Waals surface area contributed by atoms with Crippen LogP contribution in [0.5, 0.6) is 17.2 Å². The van der Waals surface area contributed by atoms with Gasteiger partial charge in [-0.05, 0) is 277 Å². The van der Waals surface area contributed by atoms with Crippen LogP contribution in [0.25, 0.3) is 30.3 Å². The summed E-state index contributed by atoms with van der Waals surface area (Å²) in [5.74, 6) is 2.50. The molecule has 123 heavy (non-hydrogen) atoms. The van der Waals surface area contributed by atoms with Crippen molar-refractivity contribution < 1.29 is 84.0 Å². The number of aromatic hydroxyl groups is 1. The van der Waals surface area contributed by atoms with Gasteiger partial charge in [0.15, 0.2) is 18.2 Å². The second kappa shape index (κ2) is 79.7. The Morgan fingerprint density at radius 3 is 1.37 bits per heavy atom. The van der Waals surface area contributed by atoms with E-state index < -0.39 is 6.10 Å². The van der Waals surface area contributed by atoms with Gasteiger partial charge in [-0.1, -0.05) is 117 Å². The first kappa shape index (κ1) is 132. The molecule has 0 spiro atoms. The topological polar surface area (TPSA) is 253 Å². The fourth-order valence-corrected chi connectivity index (χ4v) is 17.1. The van der Waals surface area contributed by atoms with Gasteiger partial charge in [0.2, 0.25) is 17.3 Å². The van der Waals surface area contributed by atoms with Crippen molar-refractivity contribution in [2.24, 2.45) is 0 Å². The second-order valence-corrected chi connectivity index (χ2v) is 34.3. The van der Waals surface area contributed by atoms with Gasteiger partial charge in [-0.3, -0.25) is 43.4 Å². The number of hydrogen-bond acceptors (Lipinski definition) is 24. The molecular weight excluding hydrogens is 2050 g/mol. The normalized spacial score (nSPS) is 10.3. The number of halogens is 6. The van der Waals surface area contributed by atoms with Gasteiger partial charge < -0.3 is 20.8 Å². The maximum Gasteiger partial charge on any atom is 1.00 e. The minimum Gasteiger partial charge on any atom is -1.00 e. The van der Waals surface area contributed by atoms with Crippen LogP contribution >= 0.6 is 167 Å². The Bertz CT molecular complexity index is 4550. The third-order valence-electron chi connectivity index (χ3n) is 16.3. The SMILES string of the molecule is BrBr.Brc1ccsc1.C.C.C.C.CCC(Br)C(=O)c1ccsc1.CCC(C(=O)CC(C)=O)c1ccsc1.CCCC(=O)Cl.CCCC(=O)N(C)OC.CCCC(=O)c1ccsc1.CCc1c(O)cc(C)c2sccc12.CCc1c(OC(C#N)C(N(C)C)N(C)C)cc(C)c2sccc12.CCc1c(OCC#N)cc(C)c2sccc12.CNOC.N#CCBr.[H-].[Na+]. The number of benzene rings is 3. The van der Waals surface area contributed by atoms with E-state index in [0.717, 1.165) is 85.1 Å². The van der Waals surface area contributed by atoms with E-state index in [1.165, 1.54) is 81.6 Å². The molecule has 1 amide bonds. The van der Waals surface area contributed by atoms with Gasteiger partial charge in [-0.25, -0.2) is 10.5 Å². The summed E-state index contributed by atoms with van der Waals surface area (Å²) in [6.45, 7) is 24.0. The number of aryl methyl sites for hydroxylation is 6. The number of likely N-dealkylation sites (N-methyl/N-ethyl adjacent to an activating group) is 2. The number of amides is 1. The Labute approximate surface area is 833 Å². The molecule has 0 radical (unpaired) electrons. The van der Waals surface area contributed by atoms with Crippen LogP contribution in [0, 0.1) is 54.8 Å². The van der Waals surface area contributed by atoms with E-state index in [0.29, 0.717) is 30.3 Å². The van der Waals surface area contributed by atoms with Gasteiger partial charge in [0.05, 0.1) is 36.9 Å². The number of carbonyl (C=O) groups is 6. The number of carbonyl (C=O) groups excluding carboxylic acids is 6. The average Bonchev–Trinajstić information content (AvgIpc) is 1.59. The van der Waals surface area contributed by atoms with Crippen molar-refractivity contribution >= 4 is 232 Å². The van der Waals surface area contributed by atoms with Crippen LogP contribution in [0.15, 0.2) is 124 Å². The molecule has 3 unspecified atom stereocenters. The third-order valence-corrected chi connectivity index (χ3v) is 24.5. The first-order valence-corrected chi connectivity index (χ1v) is 51.0. The van der Waals surface area contributed by atoms with Crippen LogP contribution in [0.1, 0.15) is 217 Å². The van der Waals surface area contributed by atoms with E-state index in [1.807, 2.05) is 171 Å². The molecule has 0 bridgehead atoms. The van der Waals surface area contributed by atoms with Crippen LogP contribution < -0.4 is 44.5 Å². The second-order valence-electron chi connectivity index (χ2n) is 25.4. The molecule has 7 heterocycles. The van der Waals surface area contributed by atoms with Crippen LogP contribution in [0.3, 0.4) is 0 Å². The molecule has 0 saturated carbocycles. The molecule has 0 aliphatic rings. The number of Topliss-reactive ketones (excluding diaryl/α,β-unsaturated/α-hetero) is 4. The number of rotatable bonds is 27. The number of ether oxygens (including phenoxy) is 2. The van der Waals surface area contributed by atoms with E-state index >= 15 is 0 Å². The summed E-state index contributed by atoms with van der Waals surface area (Å²) in [5.41, 5.74) is 12.2. The molecule has 0 aliphatic heterocycles. The third kappa shape index (κ3) is 51.5. The van der Waals surface area contributed by atoms with Crippen molar-refractivity contribution in [3.63, 3.8) is 0 Å². The van der Waals surface area contributed by atoms with E-state index in [1.54, 1.807) is 101 Å². The molecule has 0 aliphatic carbocycles. The van der Waals surface area contributed by atoms with Gasteiger partial charge >= 0.3 is 29.6 Å². The number of phenols is 1. The minimum absolute atomic E-state index is 0. The quantitative estimate of drug-likeness (QED) is 0.00923. The molecule has 10 rings (SSSR count). The van der Waals surface area contributed by atoms with Crippen molar-refractivity contribution in [2.45, 2.75) is 213 Å². The van der Waals surface area contributed by atoms with E-state index in [2.05, 4.69) is 172 Å². The number of nitrogens with one attached hydrogen (secondary N) is 1. The van der Waals surface area contributed by atoms with Crippen molar-refractivity contribution in [1.29, 1.82) is 15.8 Å².